The fourth-order valence-corrected chi connectivity index (χ4v) is 1.30. The maximum Gasteiger partial charge on any atom is 0.291 e. The Bertz CT molecular complexity index is 338. The number of amides is 1. The maximum absolute atomic E-state index is 11.9. The van der Waals surface area contributed by atoms with Crippen LogP contribution in [0.25, 0.3) is 0 Å². The van der Waals surface area contributed by atoms with Crippen molar-refractivity contribution in [2.75, 3.05) is 25.4 Å². The molecule has 0 saturated carbocycles. The van der Waals surface area contributed by atoms with Gasteiger partial charge in [0.05, 0.1) is 6.61 Å². The summed E-state index contributed by atoms with van der Waals surface area (Å²) in [5.41, 5.74) is 5.32. The molecule has 0 unspecified atom stereocenters. The first-order valence-electron chi connectivity index (χ1n) is 5.27. The summed E-state index contributed by atoms with van der Waals surface area (Å²) in [5.74, 6) is -0.128. The van der Waals surface area contributed by atoms with E-state index in [4.69, 9.17) is 10.8 Å². The number of carbonyl (C=O) groups excluding carboxylic acids is 1. The van der Waals surface area contributed by atoms with Crippen LogP contribution in [0, 0.1) is 0 Å². The highest BCUT2D eigenvalue weighted by molar-refractivity contribution is 5.90. The maximum atomic E-state index is 11.9. The van der Waals surface area contributed by atoms with Crippen LogP contribution in [0.3, 0.4) is 0 Å². The first kappa shape index (κ1) is 12.4. The number of hydrogen-bond acceptors (Lipinski definition) is 5. The largest absolute Gasteiger partial charge is 0.395 e. The number of anilines is 1. The van der Waals surface area contributed by atoms with Gasteiger partial charge >= 0.3 is 0 Å². The van der Waals surface area contributed by atoms with E-state index >= 15 is 0 Å². The minimum Gasteiger partial charge on any atom is -0.395 e. The van der Waals surface area contributed by atoms with E-state index in [1.54, 1.807) is 0 Å². The number of rotatable bonds is 6. The van der Waals surface area contributed by atoms with E-state index in [0.717, 1.165) is 12.8 Å². The molecule has 1 aromatic rings. The number of carbonyl (C=O) groups is 1. The number of aliphatic hydroxyl groups excluding tert-OH is 1. The molecule has 1 aromatic heterocycles. The third-order valence-corrected chi connectivity index (χ3v) is 2.14. The van der Waals surface area contributed by atoms with Gasteiger partial charge in [-0.25, -0.2) is 0 Å². The fourth-order valence-electron chi connectivity index (χ4n) is 1.30. The zero-order valence-electron chi connectivity index (χ0n) is 9.31. The second-order valence-electron chi connectivity index (χ2n) is 3.41. The smallest absolute Gasteiger partial charge is 0.291 e. The average Bonchev–Trinajstić information content (AvgIpc) is 2.70. The van der Waals surface area contributed by atoms with Crippen molar-refractivity contribution in [2.45, 2.75) is 19.8 Å². The summed E-state index contributed by atoms with van der Waals surface area (Å²) >= 11 is 0. The van der Waals surface area contributed by atoms with Crippen molar-refractivity contribution in [3.63, 3.8) is 0 Å². The molecular formula is C9H17N5O2. The summed E-state index contributed by atoms with van der Waals surface area (Å²) in [6.45, 7) is 2.85. The van der Waals surface area contributed by atoms with Gasteiger partial charge in [0.2, 0.25) is 11.8 Å². The molecule has 1 rings (SSSR count). The van der Waals surface area contributed by atoms with Crippen LogP contribution in [0.5, 0.6) is 0 Å². The number of nitrogens with zero attached hydrogens (tertiary/aromatic N) is 3. The van der Waals surface area contributed by atoms with Crippen LogP contribution in [0.1, 0.15) is 30.4 Å². The number of nitrogen functional groups attached to an aromatic ring is 1. The lowest BCUT2D eigenvalue weighted by atomic mass is 10.3. The Morgan fingerprint density at radius 1 is 1.56 bits per heavy atom. The molecule has 0 radical (unpaired) electrons. The summed E-state index contributed by atoms with van der Waals surface area (Å²) in [7, 11) is 0. The van der Waals surface area contributed by atoms with E-state index < -0.39 is 0 Å². The number of nitrogens with two attached hydrogens (primary N) is 1. The molecule has 0 saturated heterocycles. The normalized spacial score (nSPS) is 10.4. The lowest BCUT2D eigenvalue weighted by molar-refractivity contribution is 0.0707. The number of hydrogen-bond donors (Lipinski definition) is 3. The molecule has 0 atom stereocenters. The van der Waals surface area contributed by atoms with Crippen molar-refractivity contribution < 1.29 is 9.90 Å². The zero-order chi connectivity index (χ0) is 12.0. The van der Waals surface area contributed by atoms with Crippen LogP contribution >= 0.6 is 0 Å². The molecular weight excluding hydrogens is 210 g/mol. The molecule has 0 bridgehead atoms. The summed E-state index contributed by atoms with van der Waals surface area (Å²) in [4.78, 5) is 17.2. The van der Waals surface area contributed by atoms with Crippen molar-refractivity contribution >= 4 is 11.9 Å². The molecule has 0 aliphatic carbocycles. The predicted octanol–water partition coefficient (Wildman–Crippen LogP) is -0.379. The number of aromatic amines is 1. The van der Waals surface area contributed by atoms with Gasteiger partial charge in [-0.2, -0.15) is 4.98 Å². The van der Waals surface area contributed by atoms with Crippen LogP contribution in [0.4, 0.5) is 5.95 Å². The SMILES string of the molecule is CCCCN(CCO)C(=O)c1nc(N)n[nH]1. The van der Waals surface area contributed by atoms with Gasteiger partial charge in [0, 0.05) is 13.1 Å². The number of nitrogens with one attached hydrogen (secondary N) is 1. The molecule has 0 spiro atoms. The molecule has 16 heavy (non-hydrogen) atoms. The van der Waals surface area contributed by atoms with Gasteiger partial charge in [0.15, 0.2) is 0 Å². The Morgan fingerprint density at radius 3 is 2.81 bits per heavy atom. The topological polar surface area (TPSA) is 108 Å². The van der Waals surface area contributed by atoms with Crippen molar-refractivity contribution in [1.82, 2.24) is 20.1 Å². The van der Waals surface area contributed by atoms with Gasteiger partial charge in [0.1, 0.15) is 0 Å². The van der Waals surface area contributed by atoms with Crippen molar-refractivity contribution in [1.29, 1.82) is 0 Å². The Balaban J connectivity index is 2.66. The molecule has 0 aliphatic rings. The van der Waals surface area contributed by atoms with E-state index in [-0.39, 0.29) is 24.3 Å². The van der Waals surface area contributed by atoms with Gasteiger partial charge in [0.25, 0.3) is 5.91 Å². The molecule has 1 amide bonds. The van der Waals surface area contributed by atoms with Gasteiger partial charge in [-0.3, -0.25) is 9.89 Å². The zero-order valence-corrected chi connectivity index (χ0v) is 9.31. The number of aliphatic hydroxyl groups is 1. The monoisotopic (exact) mass is 227 g/mol. The van der Waals surface area contributed by atoms with E-state index in [9.17, 15) is 4.79 Å². The number of aromatic nitrogens is 3. The summed E-state index contributed by atoms with van der Waals surface area (Å²) < 4.78 is 0. The Labute approximate surface area is 93.7 Å². The highest BCUT2D eigenvalue weighted by atomic mass is 16.3. The van der Waals surface area contributed by atoms with E-state index in [2.05, 4.69) is 15.2 Å². The first-order chi connectivity index (χ1) is 7.69. The Morgan fingerprint density at radius 2 is 2.31 bits per heavy atom. The Kier molecular flexibility index (Phi) is 4.71. The quantitative estimate of drug-likeness (QED) is 0.614. The lowest BCUT2D eigenvalue weighted by Gasteiger charge is -2.19. The van der Waals surface area contributed by atoms with Crippen LogP contribution in [-0.2, 0) is 0 Å². The fraction of sp³-hybridized carbons (Fsp3) is 0.667. The predicted molar refractivity (Wildman–Crippen MR) is 58.7 cm³/mol. The summed E-state index contributed by atoms with van der Waals surface area (Å²) in [6, 6.07) is 0. The third-order valence-electron chi connectivity index (χ3n) is 2.14. The minimum absolute atomic E-state index is 0.0442. The highest BCUT2D eigenvalue weighted by Gasteiger charge is 2.18. The second-order valence-corrected chi connectivity index (χ2v) is 3.41. The van der Waals surface area contributed by atoms with Crippen molar-refractivity contribution in [2.24, 2.45) is 0 Å². The lowest BCUT2D eigenvalue weighted by Crippen LogP contribution is -2.35. The molecule has 4 N–H and O–H groups in total. The average molecular weight is 227 g/mol. The molecule has 0 aromatic carbocycles. The summed E-state index contributed by atoms with van der Waals surface area (Å²) in [5, 5.41) is 14.9. The summed E-state index contributed by atoms with van der Waals surface area (Å²) in [6.07, 6.45) is 1.86. The second kappa shape index (κ2) is 6.06. The van der Waals surface area contributed by atoms with Crippen LogP contribution in [-0.4, -0.2) is 50.8 Å². The van der Waals surface area contributed by atoms with E-state index in [0.29, 0.717) is 13.1 Å². The first-order valence-corrected chi connectivity index (χ1v) is 5.27. The Hall–Kier alpha value is -1.63. The highest BCUT2D eigenvalue weighted by Crippen LogP contribution is 2.02. The molecule has 0 fully saturated rings. The molecule has 7 heteroatoms. The molecule has 0 aliphatic heterocycles. The van der Waals surface area contributed by atoms with Gasteiger partial charge in [-0.05, 0) is 6.42 Å². The van der Waals surface area contributed by atoms with E-state index in [1.165, 1.54) is 4.90 Å². The van der Waals surface area contributed by atoms with Crippen molar-refractivity contribution in [3.8, 4) is 0 Å². The number of unbranched alkanes of at least 4 members (excludes halogenated alkanes) is 1. The molecule has 7 nitrogen and oxygen atoms in total. The van der Waals surface area contributed by atoms with E-state index in [1.807, 2.05) is 6.92 Å². The molecule has 90 valence electrons. The van der Waals surface area contributed by atoms with Gasteiger partial charge < -0.3 is 15.7 Å². The van der Waals surface area contributed by atoms with Crippen LogP contribution < -0.4 is 5.73 Å². The third kappa shape index (κ3) is 3.20. The van der Waals surface area contributed by atoms with Crippen molar-refractivity contribution in [3.05, 3.63) is 5.82 Å². The molecule has 1 heterocycles. The van der Waals surface area contributed by atoms with Crippen LogP contribution in [0.2, 0.25) is 0 Å². The van der Waals surface area contributed by atoms with Gasteiger partial charge in [-0.1, -0.05) is 13.3 Å². The number of H-pyrrole nitrogens is 1. The van der Waals surface area contributed by atoms with Crippen LogP contribution in [0.15, 0.2) is 0 Å². The van der Waals surface area contributed by atoms with Gasteiger partial charge in [-0.15, -0.1) is 5.10 Å². The standard InChI is InChI=1S/C9H17N5O2/c1-2-3-4-14(5-6-15)8(16)7-11-9(10)13-12-7/h15H,2-6H2,1H3,(H3,10,11,12,13). The minimum atomic E-state index is -0.285.